The second kappa shape index (κ2) is 16.5. The molecule has 4 rings (SSSR count). The molecule has 0 radical (unpaired) electrons. The number of aryl methyl sites for hydroxylation is 1. The normalized spacial score (nSPS) is 10.2. The largest absolute Gasteiger partial charge is 0.478 e. The highest BCUT2D eigenvalue weighted by molar-refractivity contribution is 6.06. The molecule has 0 saturated heterocycles. The van der Waals surface area contributed by atoms with E-state index in [4.69, 9.17) is 9.84 Å². The van der Waals surface area contributed by atoms with Crippen molar-refractivity contribution in [2.45, 2.75) is 20.4 Å². The number of anilines is 1. The molecular weight excluding hydrogens is 592 g/mol. The van der Waals surface area contributed by atoms with Gasteiger partial charge in [0.15, 0.2) is 5.78 Å². The van der Waals surface area contributed by atoms with Gasteiger partial charge in [0.2, 0.25) is 5.91 Å². The van der Waals surface area contributed by atoms with Crippen LogP contribution in [0.1, 0.15) is 59.5 Å². The van der Waals surface area contributed by atoms with Gasteiger partial charge in [-0.15, -0.1) is 0 Å². The van der Waals surface area contributed by atoms with Crippen molar-refractivity contribution in [2.75, 3.05) is 5.32 Å². The number of carboxylic acids is 2. The van der Waals surface area contributed by atoms with Crippen molar-refractivity contribution in [1.82, 2.24) is 5.32 Å². The summed E-state index contributed by atoms with van der Waals surface area (Å²) in [5, 5.41) is 23.0. The van der Waals surface area contributed by atoms with E-state index in [9.17, 15) is 33.9 Å². The van der Waals surface area contributed by atoms with Gasteiger partial charge in [-0.25, -0.2) is 14.4 Å². The van der Waals surface area contributed by atoms with E-state index in [0.717, 1.165) is 29.3 Å². The minimum atomic E-state index is -1.35. The Morgan fingerprint density at radius 2 is 1.37 bits per heavy atom. The number of aromatic carboxylic acids is 1. The SMILES string of the molecule is CC(=O)c1ccc(OC(=O)c2ccccc2C(=O)NCc2ccccc2)c(C(=O)O)c1.Cc1ccc(NC(=O)/C=C\C(=O)O)cc1. The second-order valence-electron chi connectivity index (χ2n) is 9.70. The molecule has 0 aromatic heterocycles. The first kappa shape index (κ1) is 34.1. The van der Waals surface area contributed by atoms with Crippen LogP contribution in [-0.2, 0) is 16.1 Å². The number of esters is 1. The molecular formula is C35H30N2O9. The molecule has 4 aromatic rings. The number of rotatable bonds is 10. The van der Waals surface area contributed by atoms with Crippen LogP contribution in [0.4, 0.5) is 5.69 Å². The number of hydrogen-bond donors (Lipinski definition) is 4. The van der Waals surface area contributed by atoms with Crippen LogP contribution in [-0.4, -0.2) is 45.7 Å². The Labute approximate surface area is 264 Å². The van der Waals surface area contributed by atoms with E-state index in [1.807, 2.05) is 49.4 Å². The van der Waals surface area contributed by atoms with Crippen LogP contribution in [0.3, 0.4) is 0 Å². The number of ether oxygens (including phenoxy) is 1. The van der Waals surface area contributed by atoms with Crippen molar-refractivity contribution in [1.29, 1.82) is 0 Å². The van der Waals surface area contributed by atoms with Crippen molar-refractivity contribution >= 4 is 41.2 Å². The van der Waals surface area contributed by atoms with E-state index in [0.29, 0.717) is 5.69 Å². The number of benzene rings is 4. The number of carbonyl (C=O) groups excluding carboxylic acids is 4. The number of Topliss-reactive ketones (excluding diaryl/α,β-unsaturated/α-hetero) is 1. The van der Waals surface area contributed by atoms with Crippen molar-refractivity contribution in [2.24, 2.45) is 0 Å². The highest BCUT2D eigenvalue weighted by Gasteiger charge is 2.21. The van der Waals surface area contributed by atoms with Gasteiger partial charge < -0.3 is 25.6 Å². The van der Waals surface area contributed by atoms with E-state index in [1.54, 1.807) is 24.3 Å². The van der Waals surface area contributed by atoms with E-state index < -0.39 is 29.7 Å². The van der Waals surface area contributed by atoms with Crippen LogP contribution in [0.2, 0.25) is 0 Å². The molecule has 0 bridgehead atoms. The number of amides is 2. The maximum absolute atomic E-state index is 12.7. The molecule has 0 saturated carbocycles. The van der Waals surface area contributed by atoms with E-state index >= 15 is 0 Å². The lowest BCUT2D eigenvalue weighted by molar-refractivity contribution is -0.131. The third-order valence-electron chi connectivity index (χ3n) is 6.20. The monoisotopic (exact) mass is 622 g/mol. The number of hydrogen-bond acceptors (Lipinski definition) is 7. The first-order valence-corrected chi connectivity index (χ1v) is 13.7. The minimum absolute atomic E-state index is 0.0138. The summed E-state index contributed by atoms with van der Waals surface area (Å²) in [5.41, 5.74) is 2.56. The summed E-state index contributed by atoms with van der Waals surface area (Å²) >= 11 is 0. The zero-order valence-electron chi connectivity index (χ0n) is 24.9. The zero-order chi connectivity index (χ0) is 33.6. The van der Waals surface area contributed by atoms with Crippen LogP contribution < -0.4 is 15.4 Å². The molecule has 11 nitrogen and oxygen atoms in total. The second-order valence-corrected chi connectivity index (χ2v) is 9.70. The molecule has 4 aromatic carbocycles. The fraction of sp³-hybridized carbons (Fsp3) is 0.0857. The first-order valence-electron chi connectivity index (χ1n) is 13.7. The molecule has 0 unspecified atom stereocenters. The van der Waals surface area contributed by atoms with Gasteiger partial charge in [0.25, 0.3) is 5.91 Å². The Hall–Kier alpha value is -6.36. The molecule has 0 aliphatic heterocycles. The number of ketones is 1. The molecule has 11 heteroatoms. The summed E-state index contributed by atoms with van der Waals surface area (Å²) in [5.74, 6) is -4.84. The van der Waals surface area contributed by atoms with E-state index in [2.05, 4.69) is 10.6 Å². The highest BCUT2D eigenvalue weighted by Crippen LogP contribution is 2.23. The van der Waals surface area contributed by atoms with Gasteiger partial charge in [-0.1, -0.05) is 60.2 Å². The smallest absolute Gasteiger partial charge is 0.344 e. The number of carbonyl (C=O) groups is 6. The molecule has 0 aliphatic carbocycles. The first-order chi connectivity index (χ1) is 21.9. The maximum Gasteiger partial charge on any atom is 0.344 e. The van der Waals surface area contributed by atoms with Crippen LogP contribution >= 0.6 is 0 Å². The van der Waals surface area contributed by atoms with Gasteiger partial charge in [0.05, 0.1) is 11.1 Å². The Bertz CT molecular complexity index is 1780. The summed E-state index contributed by atoms with van der Waals surface area (Å²) in [6, 6.07) is 26.4. The number of nitrogens with one attached hydrogen (secondary N) is 2. The highest BCUT2D eigenvalue weighted by atomic mass is 16.5. The summed E-state index contributed by atoms with van der Waals surface area (Å²) in [7, 11) is 0. The molecule has 0 heterocycles. The van der Waals surface area contributed by atoms with Gasteiger partial charge >= 0.3 is 17.9 Å². The minimum Gasteiger partial charge on any atom is -0.478 e. The Balaban J connectivity index is 0.000000322. The molecule has 0 spiro atoms. The Morgan fingerprint density at radius 1 is 0.739 bits per heavy atom. The van der Waals surface area contributed by atoms with E-state index in [-0.39, 0.29) is 40.3 Å². The topological polar surface area (TPSA) is 176 Å². The maximum atomic E-state index is 12.7. The lowest BCUT2D eigenvalue weighted by Crippen LogP contribution is -2.26. The van der Waals surface area contributed by atoms with E-state index in [1.165, 1.54) is 31.2 Å². The molecule has 46 heavy (non-hydrogen) atoms. The molecule has 234 valence electrons. The van der Waals surface area contributed by atoms with Gasteiger partial charge in [0, 0.05) is 29.9 Å². The number of aliphatic carboxylic acids is 1. The fourth-order valence-corrected chi connectivity index (χ4v) is 3.86. The standard InChI is InChI=1S/C24H19NO6.C11H11NO3/c1-15(26)17-11-12-21(20(13-17)23(28)29)31-24(30)19-10-6-5-9-18(19)22(27)25-14-16-7-3-2-4-8-16;1-8-2-4-9(5-3-8)12-10(13)6-7-11(14)15/h2-13H,14H2,1H3,(H,25,27)(H,28,29);2-7H,1H3,(H,12,13)(H,14,15)/b;7-6-. The van der Waals surface area contributed by atoms with Crippen LogP contribution in [0.5, 0.6) is 5.75 Å². The molecule has 4 N–H and O–H groups in total. The van der Waals surface area contributed by atoms with Gasteiger partial charge in [-0.3, -0.25) is 14.4 Å². The fourth-order valence-electron chi connectivity index (χ4n) is 3.86. The van der Waals surface area contributed by atoms with Gasteiger partial charge in [0.1, 0.15) is 11.3 Å². The van der Waals surface area contributed by atoms with Gasteiger partial charge in [-0.05, 0) is 61.9 Å². The van der Waals surface area contributed by atoms with Crippen molar-refractivity contribution in [3.63, 3.8) is 0 Å². The molecule has 0 fully saturated rings. The molecule has 0 atom stereocenters. The van der Waals surface area contributed by atoms with Crippen molar-refractivity contribution < 1.29 is 43.7 Å². The van der Waals surface area contributed by atoms with Crippen molar-refractivity contribution in [3.8, 4) is 5.75 Å². The third kappa shape index (κ3) is 10.4. The predicted octanol–water partition coefficient (Wildman–Crippen LogP) is 5.31. The zero-order valence-corrected chi connectivity index (χ0v) is 24.9. The van der Waals surface area contributed by atoms with Gasteiger partial charge in [-0.2, -0.15) is 0 Å². The number of carboxylic acid groups (broad SMARTS) is 2. The average Bonchev–Trinajstić information content (AvgIpc) is 3.04. The summed E-state index contributed by atoms with van der Waals surface area (Å²) in [4.78, 5) is 69.7. The third-order valence-corrected chi connectivity index (χ3v) is 6.20. The van der Waals surface area contributed by atoms with Crippen LogP contribution in [0.25, 0.3) is 0 Å². The molecule has 0 aliphatic rings. The molecule has 2 amide bonds. The van der Waals surface area contributed by atoms with Crippen LogP contribution in [0.15, 0.2) is 109 Å². The Kier molecular flexibility index (Phi) is 12.2. The summed E-state index contributed by atoms with van der Waals surface area (Å²) in [6.45, 7) is 3.52. The lowest BCUT2D eigenvalue weighted by atomic mass is 10.1. The predicted molar refractivity (Wildman–Crippen MR) is 169 cm³/mol. The lowest BCUT2D eigenvalue weighted by Gasteiger charge is -2.12. The quantitative estimate of drug-likeness (QED) is 0.0790. The Morgan fingerprint density at radius 3 is 1.98 bits per heavy atom. The van der Waals surface area contributed by atoms with Crippen molar-refractivity contribution in [3.05, 3.63) is 143 Å². The average molecular weight is 623 g/mol. The summed E-state index contributed by atoms with van der Waals surface area (Å²) < 4.78 is 5.27. The summed E-state index contributed by atoms with van der Waals surface area (Å²) in [6.07, 6.45) is 1.77. The van der Waals surface area contributed by atoms with Crippen LogP contribution in [0, 0.1) is 6.92 Å².